The molecule has 1 aliphatic rings. The fraction of sp³-hybridized carbons (Fsp3) is 0.353. The molecular weight excluding hydrogens is 328 g/mol. The molecule has 0 saturated heterocycles. The summed E-state index contributed by atoms with van der Waals surface area (Å²) in [5.41, 5.74) is 0.859. The fourth-order valence-electron chi connectivity index (χ4n) is 2.42. The third-order valence-corrected chi connectivity index (χ3v) is 5.69. The van der Waals surface area contributed by atoms with E-state index < -0.39 is 10.0 Å². The van der Waals surface area contributed by atoms with Crippen LogP contribution in [0.1, 0.15) is 12.1 Å². The molecule has 2 heterocycles. The monoisotopic (exact) mass is 348 g/mol. The number of rotatable bonds is 5. The van der Waals surface area contributed by atoms with Crippen LogP contribution in [0.3, 0.4) is 0 Å². The van der Waals surface area contributed by atoms with Gasteiger partial charge in [0.1, 0.15) is 0 Å². The summed E-state index contributed by atoms with van der Waals surface area (Å²) in [4.78, 5) is 4.42. The maximum absolute atomic E-state index is 12.7. The molecule has 6 nitrogen and oxygen atoms in total. The topological polar surface area (TPSA) is 68.7 Å². The van der Waals surface area contributed by atoms with Crippen molar-refractivity contribution in [2.45, 2.75) is 17.7 Å². The summed E-state index contributed by atoms with van der Waals surface area (Å²) in [5.74, 6) is 1.06. The van der Waals surface area contributed by atoms with Crippen LogP contribution in [-0.4, -0.2) is 44.5 Å². The second-order valence-electron chi connectivity index (χ2n) is 5.56. The van der Waals surface area contributed by atoms with Crippen LogP contribution in [0.2, 0.25) is 0 Å². The highest BCUT2D eigenvalue weighted by Crippen LogP contribution is 2.32. The van der Waals surface area contributed by atoms with E-state index in [1.165, 1.54) is 10.4 Å². The summed E-state index contributed by atoms with van der Waals surface area (Å²) in [6, 6.07) is 10.4. The zero-order valence-electron chi connectivity index (χ0n) is 13.5. The van der Waals surface area contributed by atoms with E-state index in [1.807, 2.05) is 18.2 Å². The highest BCUT2D eigenvalue weighted by atomic mass is 32.2. The highest BCUT2D eigenvalue weighted by Gasteiger charge is 2.23. The minimum absolute atomic E-state index is 0.204. The number of nitrogens with zero attached hydrogens (tertiary/aromatic N) is 2. The number of pyridine rings is 1. The molecule has 1 aromatic carbocycles. The number of hydrogen-bond acceptors (Lipinski definition) is 5. The lowest BCUT2D eigenvalue weighted by molar-refractivity contribution is 0.297. The van der Waals surface area contributed by atoms with Crippen molar-refractivity contribution in [3.63, 3.8) is 0 Å². The zero-order chi connectivity index (χ0) is 17.0. The zero-order valence-corrected chi connectivity index (χ0v) is 14.3. The van der Waals surface area contributed by atoms with E-state index in [9.17, 15) is 8.42 Å². The molecular formula is C17H20N2O4S. The molecule has 3 rings (SSSR count). The van der Waals surface area contributed by atoms with Crippen LogP contribution in [0.4, 0.5) is 0 Å². The molecule has 7 heteroatoms. The predicted molar refractivity (Wildman–Crippen MR) is 89.8 cm³/mol. The molecule has 24 heavy (non-hydrogen) atoms. The van der Waals surface area contributed by atoms with Crippen molar-refractivity contribution >= 4 is 10.0 Å². The van der Waals surface area contributed by atoms with E-state index in [4.69, 9.17) is 9.47 Å². The van der Waals surface area contributed by atoms with Gasteiger partial charge in [0, 0.05) is 44.4 Å². The molecule has 0 amide bonds. The third kappa shape index (κ3) is 3.68. The van der Waals surface area contributed by atoms with Crippen LogP contribution in [0.15, 0.2) is 47.5 Å². The Balaban J connectivity index is 1.75. The molecule has 128 valence electrons. The Morgan fingerprint density at radius 1 is 1.12 bits per heavy atom. The number of likely N-dealkylation sites (N-methyl/N-ethyl adjacent to an activating group) is 1. The van der Waals surface area contributed by atoms with E-state index in [-0.39, 0.29) is 4.90 Å². The van der Waals surface area contributed by atoms with Crippen molar-refractivity contribution in [3.05, 3.63) is 48.3 Å². The molecule has 0 fully saturated rings. The van der Waals surface area contributed by atoms with Crippen molar-refractivity contribution in [2.75, 3.05) is 26.8 Å². The number of aromatic nitrogens is 1. The molecule has 1 aromatic heterocycles. The van der Waals surface area contributed by atoms with Gasteiger partial charge in [-0.1, -0.05) is 6.07 Å². The minimum atomic E-state index is -3.58. The maximum atomic E-state index is 12.7. The molecule has 0 spiro atoms. The van der Waals surface area contributed by atoms with Gasteiger partial charge in [-0.25, -0.2) is 12.7 Å². The van der Waals surface area contributed by atoms with Crippen molar-refractivity contribution in [1.82, 2.24) is 9.29 Å². The first-order valence-corrected chi connectivity index (χ1v) is 9.27. The average molecular weight is 348 g/mol. The van der Waals surface area contributed by atoms with Gasteiger partial charge in [0.2, 0.25) is 10.0 Å². The highest BCUT2D eigenvalue weighted by molar-refractivity contribution is 7.89. The van der Waals surface area contributed by atoms with Crippen molar-refractivity contribution in [3.8, 4) is 11.5 Å². The van der Waals surface area contributed by atoms with E-state index >= 15 is 0 Å². The van der Waals surface area contributed by atoms with Crippen LogP contribution in [0.5, 0.6) is 11.5 Å². The summed E-state index contributed by atoms with van der Waals surface area (Å²) >= 11 is 0. The van der Waals surface area contributed by atoms with Gasteiger partial charge >= 0.3 is 0 Å². The van der Waals surface area contributed by atoms with E-state index in [0.29, 0.717) is 37.7 Å². The van der Waals surface area contributed by atoms with Gasteiger partial charge in [0.25, 0.3) is 0 Å². The van der Waals surface area contributed by atoms with Gasteiger partial charge in [-0.3, -0.25) is 4.98 Å². The van der Waals surface area contributed by atoms with Crippen molar-refractivity contribution in [2.24, 2.45) is 0 Å². The van der Waals surface area contributed by atoms with E-state index in [1.54, 1.807) is 25.4 Å². The maximum Gasteiger partial charge on any atom is 0.242 e. The van der Waals surface area contributed by atoms with Gasteiger partial charge in [0.15, 0.2) is 11.5 Å². The number of fused-ring (bicyclic) bond motifs is 1. The van der Waals surface area contributed by atoms with Crippen LogP contribution >= 0.6 is 0 Å². The van der Waals surface area contributed by atoms with Gasteiger partial charge in [0.05, 0.1) is 18.1 Å². The largest absolute Gasteiger partial charge is 0.490 e. The molecule has 0 unspecified atom stereocenters. The summed E-state index contributed by atoms with van der Waals surface area (Å²) in [5, 5.41) is 0. The SMILES string of the molecule is CN(CCc1ccccn1)S(=O)(=O)c1ccc2c(c1)OCCCO2. The van der Waals surface area contributed by atoms with Gasteiger partial charge < -0.3 is 9.47 Å². The lowest BCUT2D eigenvalue weighted by atomic mass is 10.3. The normalized spacial score (nSPS) is 14.4. The van der Waals surface area contributed by atoms with E-state index in [0.717, 1.165) is 12.1 Å². The summed E-state index contributed by atoms with van der Waals surface area (Å²) in [6.45, 7) is 1.45. The number of hydrogen-bond donors (Lipinski definition) is 0. The second-order valence-corrected chi connectivity index (χ2v) is 7.60. The quantitative estimate of drug-likeness (QED) is 0.828. The fourth-order valence-corrected chi connectivity index (χ4v) is 3.61. The molecule has 1 aliphatic heterocycles. The first kappa shape index (κ1) is 16.7. The van der Waals surface area contributed by atoms with Crippen LogP contribution in [0.25, 0.3) is 0 Å². The Bertz CT molecular complexity index is 793. The molecule has 0 N–H and O–H groups in total. The van der Waals surface area contributed by atoms with Gasteiger partial charge in [-0.15, -0.1) is 0 Å². The molecule has 0 atom stereocenters. The second kappa shape index (κ2) is 7.19. The Hall–Kier alpha value is -2.12. The number of benzene rings is 1. The van der Waals surface area contributed by atoms with Crippen molar-refractivity contribution < 1.29 is 17.9 Å². The minimum Gasteiger partial charge on any atom is -0.490 e. The Labute approximate surface area is 142 Å². The molecule has 0 bridgehead atoms. The molecule has 2 aromatic rings. The number of ether oxygens (including phenoxy) is 2. The standard InChI is InChI=1S/C17H20N2O4S/c1-19(10-8-14-5-2-3-9-18-14)24(20,21)15-6-7-16-17(13-15)23-12-4-11-22-16/h2-3,5-7,9,13H,4,8,10-12H2,1H3. The summed E-state index contributed by atoms with van der Waals surface area (Å²) < 4.78 is 37.9. The Kier molecular flexibility index (Phi) is 5.01. The Morgan fingerprint density at radius 2 is 1.92 bits per heavy atom. The van der Waals surface area contributed by atoms with Crippen molar-refractivity contribution in [1.29, 1.82) is 0 Å². The molecule has 0 aliphatic carbocycles. The third-order valence-electron chi connectivity index (χ3n) is 3.84. The van der Waals surface area contributed by atoms with Crippen LogP contribution in [-0.2, 0) is 16.4 Å². The first-order valence-electron chi connectivity index (χ1n) is 7.83. The van der Waals surface area contributed by atoms with E-state index in [2.05, 4.69) is 4.98 Å². The Morgan fingerprint density at radius 3 is 2.67 bits per heavy atom. The van der Waals surface area contributed by atoms with Crippen LogP contribution in [0, 0.1) is 0 Å². The predicted octanol–water partition coefficient (Wildman–Crippen LogP) is 2.11. The molecule has 0 saturated carbocycles. The lowest BCUT2D eigenvalue weighted by Crippen LogP contribution is -2.29. The summed E-state index contributed by atoms with van der Waals surface area (Å²) in [7, 11) is -2.01. The van der Waals surface area contributed by atoms with Crippen LogP contribution < -0.4 is 9.47 Å². The lowest BCUT2D eigenvalue weighted by Gasteiger charge is -2.18. The first-order chi connectivity index (χ1) is 11.6. The summed E-state index contributed by atoms with van der Waals surface area (Å²) in [6.07, 6.45) is 3.04. The number of sulfonamides is 1. The average Bonchev–Trinajstić information content (AvgIpc) is 2.85. The van der Waals surface area contributed by atoms with Gasteiger partial charge in [-0.2, -0.15) is 0 Å². The van der Waals surface area contributed by atoms with Gasteiger partial charge in [-0.05, 0) is 24.3 Å². The smallest absolute Gasteiger partial charge is 0.242 e. The molecule has 0 radical (unpaired) electrons.